The molecule has 1 aromatic carbocycles. The van der Waals surface area contributed by atoms with Crippen LogP contribution in [0.4, 0.5) is 0 Å². The van der Waals surface area contributed by atoms with Crippen LogP contribution in [-0.2, 0) is 7.05 Å². The number of carbonyl (C=O) groups excluding carboxylic acids is 1. The molecule has 4 nitrogen and oxygen atoms in total. The van der Waals surface area contributed by atoms with Crippen molar-refractivity contribution in [1.29, 1.82) is 0 Å². The van der Waals surface area contributed by atoms with Crippen molar-refractivity contribution in [3.63, 3.8) is 0 Å². The number of ketones is 1. The standard InChI is InChI=1S/C10H7Br2N3O/c1-15-8(10(12)13-14-15)9(16)6-2-4-7(11)5-3-6/h2-5H,1H3. The van der Waals surface area contributed by atoms with Gasteiger partial charge in [-0.05, 0) is 40.2 Å². The number of nitrogens with zero attached hydrogens (tertiary/aromatic N) is 3. The first-order valence-electron chi connectivity index (χ1n) is 4.45. The lowest BCUT2D eigenvalue weighted by atomic mass is 10.1. The van der Waals surface area contributed by atoms with E-state index in [9.17, 15) is 4.79 Å². The van der Waals surface area contributed by atoms with Crippen LogP contribution in [0.1, 0.15) is 16.1 Å². The molecule has 0 aliphatic heterocycles. The minimum atomic E-state index is -0.105. The maximum absolute atomic E-state index is 12.1. The first kappa shape index (κ1) is 11.5. The van der Waals surface area contributed by atoms with Crippen molar-refractivity contribution < 1.29 is 4.79 Å². The number of rotatable bonds is 2. The summed E-state index contributed by atoms with van der Waals surface area (Å²) in [7, 11) is 1.68. The zero-order valence-corrected chi connectivity index (χ0v) is 11.5. The van der Waals surface area contributed by atoms with Crippen LogP contribution in [0.15, 0.2) is 33.3 Å². The summed E-state index contributed by atoms with van der Waals surface area (Å²) in [6, 6.07) is 7.16. The van der Waals surface area contributed by atoms with Crippen molar-refractivity contribution in [2.75, 3.05) is 0 Å². The van der Waals surface area contributed by atoms with Gasteiger partial charge in [0.25, 0.3) is 0 Å². The molecule has 0 aliphatic carbocycles. The van der Waals surface area contributed by atoms with Crippen molar-refractivity contribution >= 4 is 37.6 Å². The molecule has 1 aromatic heterocycles. The van der Waals surface area contributed by atoms with Gasteiger partial charge in [-0.25, -0.2) is 4.68 Å². The molecule has 0 aliphatic rings. The Morgan fingerprint density at radius 2 is 1.88 bits per heavy atom. The Bertz CT molecular complexity index is 514. The van der Waals surface area contributed by atoms with Gasteiger partial charge < -0.3 is 0 Å². The maximum atomic E-state index is 12.1. The minimum Gasteiger partial charge on any atom is -0.287 e. The summed E-state index contributed by atoms with van der Waals surface area (Å²) in [6.45, 7) is 0. The number of hydrogen-bond acceptors (Lipinski definition) is 3. The predicted octanol–water partition coefficient (Wildman–Crippen LogP) is 2.57. The Kier molecular flexibility index (Phi) is 3.20. The van der Waals surface area contributed by atoms with Crippen molar-refractivity contribution in [2.24, 2.45) is 7.05 Å². The lowest BCUT2D eigenvalue weighted by molar-refractivity contribution is 0.102. The Hall–Kier alpha value is -1.01. The fourth-order valence-electron chi connectivity index (χ4n) is 1.31. The summed E-state index contributed by atoms with van der Waals surface area (Å²) in [5.41, 5.74) is 1.05. The average Bonchev–Trinajstić information content (AvgIpc) is 2.59. The molecule has 0 bridgehead atoms. The molecule has 6 heteroatoms. The third kappa shape index (κ3) is 2.08. The van der Waals surface area contributed by atoms with Crippen LogP contribution in [0.25, 0.3) is 0 Å². The molecule has 0 fully saturated rings. The van der Waals surface area contributed by atoms with Crippen molar-refractivity contribution in [3.8, 4) is 0 Å². The lowest BCUT2D eigenvalue weighted by Gasteiger charge is -2.01. The van der Waals surface area contributed by atoms with Gasteiger partial charge in [0, 0.05) is 17.1 Å². The molecule has 0 N–H and O–H groups in total. The first-order chi connectivity index (χ1) is 7.59. The van der Waals surface area contributed by atoms with E-state index in [0.29, 0.717) is 15.9 Å². The van der Waals surface area contributed by atoms with Crippen molar-refractivity contribution in [3.05, 3.63) is 44.6 Å². The van der Waals surface area contributed by atoms with Crippen LogP contribution in [0.3, 0.4) is 0 Å². The first-order valence-corrected chi connectivity index (χ1v) is 6.03. The molecule has 0 saturated carbocycles. The largest absolute Gasteiger partial charge is 0.287 e. The van der Waals surface area contributed by atoms with Crippen molar-refractivity contribution in [1.82, 2.24) is 15.0 Å². The van der Waals surface area contributed by atoms with E-state index in [0.717, 1.165) is 4.47 Å². The molecule has 0 saturated heterocycles. The second-order valence-electron chi connectivity index (χ2n) is 3.19. The van der Waals surface area contributed by atoms with Crippen LogP contribution < -0.4 is 0 Å². The van der Waals surface area contributed by atoms with Crippen LogP contribution in [0.2, 0.25) is 0 Å². The smallest absolute Gasteiger partial charge is 0.213 e. The number of hydrogen-bond donors (Lipinski definition) is 0. The summed E-state index contributed by atoms with van der Waals surface area (Å²) < 4.78 is 2.85. The molecular weight excluding hydrogens is 338 g/mol. The van der Waals surface area contributed by atoms with E-state index >= 15 is 0 Å². The maximum Gasteiger partial charge on any atom is 0.213 e. The molecule has 0 amide bonds. The number of aryl methyl sites for hydroxylation is 1. The Labute approximate surface area is 109 Å². The highest BCUT2D eigenvalue weighted by Gasteiger charge is 2.18. The fourth-order valence-corrected chi connectivity index (χ4v) is 2.08. The molecule has 82 valence electrons. The van der Waals surface area contributed by atoms with Crippen LogP contribution in [-0.4, -0.2) is 20.8 Å². The molecule has 16 heavy (non-hydrogen) atoms. The molecular formula is C10H7Br2N3O. The number of carbonyl (C=O) groups is 1. The van der Waals surface area contributed by atoms with E-state index in [2.05, 4.69) is 42.2 Å². The third-order valence-corrected chi connectivity index (χ3v) is 3.17. The van der Waals surface area contributed by atoms with E-state index in [1.54, 1.807) is 19.2 Å². The number of benzene rings is 1. The summed E-state index contributed by atoms with van der Waals surface area (Å²) >= 11 is 6.53. The highest BCUT2D eigenvalue weighted by atomic mass is 79.9. The monoisotopic (exact) mass is 343 g/mol. The molecule has 2 aromatic rings. The van der Waals surface area contributed by atoms with E-state index in [4.69, 9.17) is 0 Å². The summed E-state index contributed by atoms with van der Waals surface area (Å²) in [6.07, 6.45) is 0. The van der Waals surface area contributed by atoms with Gasteiger partial charge in [0.05, 0.1) is 0 Å². The SMILES string of the molecule is Cn1nnc(Br)c1C(=O)c1ccc(Br)cc1. The molecule has 0 unspecified atom stereocenters. The minimum absolute atomic E-state index is 0.105. The van der Waals surface area contributed by atoms with Gasteiger partial charge in [0.1, 0.15) is 5.69 Å². The van der Waals surface area contributed by atoms with Gasteiger partial charge in [-0.1, -0.05) is 21.1 Å². The molecule has 0 spiro atoms. The van der Waals surface area contributed by atoms with Gasteiger partial charge >= 0.3 is 0 Å². The van der Waals surface area contributed by atoms with E-state index in [-0.39, 0.29) is 5.78 Å². The van der Waals surface area contributed by atoms with Crippen molar-refractivity contribution in [2.45, 2.75) is 0 Å². The second kappa shape index (κ2) is 4.47. The van der Waals surface area contributed by atoms with Gasteiger partial charge in [0.15, 0.2) is 4.60 Å². The average molecular weight is 345 g/mol. The highest BCUT2D eigenvalue weighted by molar-refractivity contribution is 9.10. The third-order valence-electron chi connectivity index (χ3n) is 2.11. The summed E-state index contributed by atoms with van der Waals surface area (Å²) in [4.78, 5) is 12.1. The molecule has 0 atom stereocenters. The predicted molar refractivity (Wildman–Crippen MR) is 66.3 cm³/mol. The summed E-state index contributed by atoms with van der Waals surface area (Å²) in [5, 5.41) is 7.55. The highest BCUT2D eigenvalue weighted by Crippen LogP contribution is 2.18. The van der Waals surface area contributed by atoms with Crippen LogP contribution in [0, 0.1) is 0 Å². The van der Waals surface area contributed by atoms with Gasteiger partial charge in [-0.2, -0.15) is 0 Å². The normalized spacial score (nSPS) is 10.4. The van der Waals surface area contributed by atoms with Gasteiger partial charge in [0.2, 0.25) is 5.78 Å². The number of aromatic nitrogens is 3. The molecule has 0 radical (unpaired) electrons. The lowest BCUT2D eigenvalue weighted by Crippen LogP contribution is -2.08. The molecule has 2 rings (SSSR count). The Balaban J connectivity index is 2.43. The fraction of sp³-hybridized carbons (Fsp3) is 0.100. The van der Waals surface area contributed by atoms with Gasteiger partial charge in [-0.15, -0.1) is 5.10 Å². The quantitative estimate of drug-likeness (QED) is 0.787. The topological polar surface area (TPSA) is 47.8 Å². The van der Waals surface area contributed by atoms with Gasteiger partial charge in [-0.3, -0.25) is 4.79 Å². The van der Waals surface area contributed by atoms with E-state index in [1.807, 2.05) is 12.1 Å². The second-order valence-corrected chi connectivity index (χ2v) is 4.86. The van der Waals surface area contributed by atoms with Crippen LogP contribution in [0.5, 0.6) is 0 Å². The summed E-state index contributed by atoms with van der Waals surface area (Å²) in [5.74, 6) is -0.105. The van der Waals surface area contributed by atoms with E-state index < -0.39 is 0 Å². The van der Waals surface area contributed by atoms with E-state index in [1.165, 1.54) is 4.68 Å². The number of halogens is 2. The Morgan fingerprint density at radius 3 is 2.38 bits per heavy atom. The van der Waals surface area contributed by atoms with Crippen LogP contribution >= 0.6 is 31.9 Å². The Morgan fingerprint density at radius 1 is 1.25 bits per heavy atom. The molecule has 1 heterocycles. The zero-order valence-electron chi connectivity index (χ0n) is 8.32. The zero-order chi connectivity index (χ0) is 11.7.